The van der Waals surface area contributed by atoms with E-state index in [9.17, 15) is 4.79 Å². The number of nitrogens with zero attached hydrogens (tertiary/aromatic N) is 1. The standard InChI is InChI=1S/C20H28IN2O3SSi/c1-13-11-27-18(22-13)23-17(24)14-8-15(21)10-16(9-14)25-20(5,26-28(6)7)12-19(2,3)4/h8-11H,12H2,1-7H3,(H,22,23,24). The summed E-state index contributed by atoms with van der Waals surface area (Å²) in [6.45, 7) is 14.6. The quantitative estimate of drug-likeness (QED) is 0.266. The van der Waals surface area contributed by atoms with Crippen molar-refractivity contribution < 1.29 is 14.0 Å². The number of hydrogen-bond acceptors (Lipinski definition) is 5. The van der Waals surface area contributed by atoms with Gasteiger partial charge in [0, 0.05) is 27.9 Å². The summed E-state index contributed by atoms with van der Waals surface area (Å²) in [5.74, 6) is -0.324. The van der Waals surface area contributed by atoms with Crippen LogP contribution in [0.3, 0.4) is 0 Å². The molecule has 1 aromatic heterocycles. The van der Waals surface area contributed by atoms with Crippen LogP contribution in [0, 0.1) is 15.9 Å². The highest BCUT2D eigenvalue weighted by molar-refractivity contribution is 14.1. The van der Waals surface area contributed by atoms with Crippen LogP contribution in [0.2, 0.25) is 13.1 Å². The van der Waals surface area contributed by atoms with E-state index in [-0.39, 0.29) is 11.3 Å². The van der Waals surface area contributed by atoms with Gasteiger partial charge in [-0.3, -0.25) is 10.1 Å². The van der Waals surface area contributed by atoms with Crippen LogP contribution >= 0.6 is 33.9 Å². The van der Waals surface area contributed by atoms with Crippen molar-refractivity contribution in [2.24, 2.45) is 5.41 Å². The van der Waals surface area contributed by atoms with Gasteiger partial charge in [-0.1, -0.05) is 20.8 Å². The number of anilines is 1. The molecule has 2 rings (SSSR count). The molecular weight excluding hydrogens is 503 g/mol. The summed E-state index contributed by atoms with van der Waals surface area (Å²) in [5.41, 5.74) is 1.46. The first-order valence-corrected chi connectivity index (χ1v) is 13.4. The van der Waals surface area contributed by atoms with Crippen molar-refractivity contribution in [3.8, 4) is 5.75 Å². The molecule has 5 nitrogen and oxygen atoms in total. The molecule has 8 heteroatoms. The van der Waals surface area contributed by atoms with E-state index >= 15 is 0 Å². The first-order valence-electron chi connectivity index (χ1n) is 9.07. The maximum absolute atomic E-state index is 12.7. The molecule has 1 amide bonds. The van der Waals surface area contributed by atoms with Gasteiger partial charge in [-0.25, -0.2) is 4.98 Å². The molecule has 1 N–H and O–H groups in total. The molecule has 0 saturated heterocycles. The van der Waals surface area contributed by atoms with Gasteiger partial charge < -0.3 is 9.16 Å². The lowest BCUT2D eigenvalue weighted by Crippen LogP contribution is -2.42. The number of aryl methyl sites for hydroxylation is 1. The van der Waals surface area contributed by atoms with Crippen molar-refractivity contribution in [1.82, 2.24) is 4.98 Å². The maximum atomic E-state index is 12.7. The van der Waals surface area contributed by atoms with E-state index in [4.69, 9.17) is 9.16 Å². The molecule has 1 unspecified atom stereocenters. The summed E-state index contributed by atoms with van der Waals surface area (Å²) in [7, 11) is -0.969. The second-order valence-electron chi connectivity index (χ2n) is 8.41. The second kappa shape index (κ2) is 9.23. The van der Waals surface area contributed by atoms with Gasteiger partial charge in [0.25, 0.3) is 5.91 Å². The van der Waals surface area contributed by atoms with Gasteiger partial charge >= 0.3 is 0 Å². The Labute approximate surface area is 187 Å². The summed E-state index contributed by atoms with van der Waals surface area (Å²) in [4.78, 5) is 17.0. The van der Waals surface area contributed by atoms with E-state index < -0.39 is 14.8 Å². The van der Waals surface area contributed by atoms with Crippen LogP contribution in [0.1, 0.15) is 50.2 Å². The van der Waals surface area contributed by atoms with Crippen LogP contribution in [0.5, 0.6) is 5.75 Å². The molecule has 1 heterocycles. The van der Waals surface area contributed by atoms with E-state index in [1.165, 1.54) is 11.3 Å². The van der Waals surface area contributed by atoms with Gasteiger partial charge in [0.05, 0.1) is 5.69 Å². The highest BCUT2D eigenvalue weighted by Gasteiger charge is 2.34. The van der Waals surface area contributed by atoms with Crippen molar-refractivity contribution in [2.75, 3.05) is 5.32 Å². The Hall–Kier alpha value is -0.973. The zero-order valence-electron chi connectivity index (χ0n) is 17.5. The number of aromatic nitrogens is 1. The summed E-state index contributed by atoms with van der Waals surface area (Å²) >= 11 is 3.61. The fourth-order valence-corrected chi connectivity index (χ4v) is 5.37. The number of amides is 1. The predicted octanol–water partition coefficient (Wildman–Crippen LogP) is 6.11. The largest absolute Gasteiger partial charge is 0.464 e. The van der Waals surface area contributed by atoms with Gasteiger partial charge in [-0.05, 0) is 66.2 Å². The summed E-state index contributed by atoms with van der Waals surface area (Å²) in [5, 5.41) is 5.35. The van der Waals surface area contributed by atoms with E-state index in [0.29, 0.717) is 16.4 Å². The average molecular weight is 532 g/mol. The van der Waals surface area contributed by atoms with Crippen LogP contribution in [-0.2, 0) is 4.43 Å². The smallest absolute Gasteiger partial charge is 0.257 e. The fraction of sp³-hybridized carbons (Fsp3) is 0.500. The third-order valence-corrected chi connectivity index (χ3v) is 5.92. The fourth-order valence-electron chi connectivity index (χ4n) is 3.07. The lowest BCUT2D eigenvalue weighted by atomic mass is 9.88. The maximum Gasteiger partial charge on any atom is 0.257 e. The molecule has 0 fully saturated rings. The number of rotatable bonds is 7. The van der Waals surface area contributed by atoms with Crippen molar-refractivity contribution in [3.63, 3.8) is 0 Å². The van der Waals surface area contributed by atoms with E-state index in [0.717, 1.165) is 15.7 Å². The van der Waals surface area contributed by atoms with Crippen LogP contribution in [-0.4, -0.2) is 25.7 Å². The number of benzene rings is 1. The Balaban J connectivity index is 2.25. The Morgan fingerprint density at radius 1 is 1.25 bits per heavy atom. The van der Waals surface area contributed by atoms with Gasteiger partial charge in [0.15, 0.2) is 10.9 Å². The highest BCUT2D eigenvalue weighted by atomic mass is 127. The molecular formula is C20H28IN2O3SSi. The molecule has 1 radical (unpaired) electrons. The average Bonchev–Trinajstić information content (AvgIpc) is 2.88. The Bertz CT molecular complexity index is 835. The Kier molecular flexibility index (Phi) is 7.68. The molecule has 0 saturated carbocycles. The molecule has 0 bridgehead atoms. The molecule has 28 heavy (non-hydrogen) atoms. The third kappa shape index (κ3) is 7.45. The van der Waals surface area contributed by atoms with E-state index in [2.05, 4.69) is 66.8 Å². The molecule has 1 atom stereocenters. The minimum absolute atomic E-state index is 0.0386. The first-order chi connectivity index (χ1) is 12.8. The first kappa shape index (κ1) is 23.3. The minimum Gasteiger partial charge on any atom is -0.464 e. The SMILES string of the molecule is Cc1csc(NC(=O)c2cc(I)cc(OC(C)(CC(C)(C)C)O[Si](C)C)c2)n1. The molecule has 0 aliphatic heterocycles. The van der Waals surface area contributed by atoms with Gasteiger partial charge in [0.2, 0.25) is 9.04 Å². The van der Waals surface area contributed by atoms with Crippen molar-refractivity contribution >= 4 is 54.0 Å². The van der Waals surface area contributed by atoms with Crippen molar-refractivity contribution in [1.29, 1.82) is 0 Å². The number of ether oxygens (including phenoxy) is 1. The Morgan fingerprint density at radius 3 is 2.46 bits per heavy atom. The van der Waals surface area contributed by atoms with Crippen LogP contribution in [0.15, 0.2) is 23.6 Å². The number of nitrogens with one attached hydrogen (secondary N) is 1. The highest BCUT2D eigenvalue weighted by Crippen LogP contribution is 2.33. The predicted molar refractivity (Wildman–Crippen MR) is 126 cm³/mol. The van der Waals surface area contributed by atoms with Crippen molar-refractivity contribution in [2.45, 2.75) is 59.9 Å². The number of carbonyl (C=O) groups excluding carboxylic acids is 1. The number of halogens is 1. The van der Waals surface area contributed by atoms with Crippen LogP contribution in [0.25, 0.3) is 0 Å². The van der Waals surface area contributed by atoms with Gasteiger partial charge in [0.1, 0.15) is 5.75 Å². The van der Waals surface area contributed by atoms with Gasteiger partial charge in [-0.15, -0.1) is 11.3 Å². The minimum atomic E-state index is -0.969. The lowest BCUT2D eigenvalue weighted by molar-refractivity contribution is -0.124. The number of carbonyl (C=O) groups is 1. The van der Waals surface area contributed by atoms with E-state index in [1.54, 1.807) is 6.07 Å². The monoisotopic (exact) mass is 531 g/mol. The van der Waals surface area contributed by atoms with Gasteiger partial charge in [-0.2, -0.15) is 0 Å². The molecule has 0 spiro atoms. The van der Waals surface area contributed by atoms with Crippen LogP contribution in [0.4, 0.5) is 5.13 Å². The number of thiazole rings is 1. The van der Waals surface area contributed by atoms with Crippen LogP contribution < -0.4 is 10.1 Å². The molecule has 0 aliphatic carbocycles. The molecule has 153 valence electrons. The zero-order valence-corrected chi connectivity index (χ0v) is 21.4. The molecule has 2 aromatic rings. The third-order valence-electron chi connectivity index (χ3n) is 3.58. The number of hydrogen-bond donors (Lipinski definition) is 1. The van der Waals surface area contributed by atoms with E-state index in [1.807, 2.05) is 31.4 Å². The Morgan fingerprint density at radius 2 is 1.93 bits per heavy atom. The second-order valence-corrected chi connectivity index (χ2v) is 12.5. The van der Waals surface area contributed by atoms with Crippen molar-refractivity contribution in [3.05, 3.63) is 38.4 Å². The molecule has 1 aromatic carbocycles. The molecule has 0 aliphatic rings. The normalized spacial score (nSPS) is 14.0. The summed E-state index contributed by atoms with van der Waals surface area (Å²) in [6, 6.07) is 5.52. The summed E-state index contributed by atoms with van der Waals surface area (Å²) < 4.78 is 13.5. The zero-order chi connectivity index (χ0) is 21.1. The lowest BCUT2D eigenvalue weighted by Gasteiger charge is -2.37. The topological polar surface area (TPSA) is 60.5 Å². The summed E-state index contributed by atoms with van der Waals surface area (Å²) in [6.07, 6.45) is 0.737.